The molecule has 0 unspecified atom stereocenters. The highest BCUT2D eigenvalue weighted by atomic mass is 19.1. The zero-order valence-corrected chi connectivity index (χ0v) is 16.8. The summed E-state index contributed by atoms with van der Waals surface area (Å²) in [7, 11) is 0. The van der Waals surface area contributed by atoms with Crippen LogP contribution in [0.5, 0.6) is 0 Å². The minimum atomic E-state index is -0.279. The zero-order chi connectivity index (χ0) is 20.1. The summed E-state index contributed by atoms with van der Waals surface area (Å²) in [5, 5.41) is 0. The van der Waals surface area contributed by atoms with Gasteiger partial charge in [-0.3, -0.25) is 14.5 Å². The van der Waals surface area contributed by atoms with Crippen LogP contribution in [0.3, 0.4) is 0 Å². The Labute approximate surface area is 166 Å². The second-order valence-corrected chi connectivity index (χ2v) is 7.94. The van der Waals surface area contributed by atoms with Gasteiger partial charge in [0, 0.05) is 45.2 Å². The zero-order valence-electron chi connectivity index (χ0n) is 16.8. The highest BCUT2D eigenvalue weighted by molar-refractivity contribution is 5.79. The van der Waals surface area contributed by atoms with E-state index in [2.05, 4.69) is 18.7 Å². The molecule has 3 rings (SSSR count). The van der Waals surface area contributed by atoms with E-state index in [1.165, 1.54) is 12.1 Å². The molecule has 0 saturated carbocycles. The number of benzene rings is 1. The van der Waals surface area contributed by atoms with Crippen LogP contribution in [0.25, 0.3) is 0 Å². The molecule has 2 fully saturated rings. The van der Waals surface area contributed by atoms with E-state index >= 15 is 0 Å². The summed E-state index contributed by atoms with van der Waals surface area (Å²) < 4.78 is 18.5. The first-order valence-electron chi connectivity index (χ1n) is 10.1. The monoisotopic (exact) mass is 391 g/mol. The minimum absolute atomic E-state index is 0.0116. The van der Waals surface area contributed by atoms with E-state index in [4.69, 9.17) is 4.74 Å². The fraction of sp³-hybridized carbons (Fsp3) is 0.619. The van der Waals surface area contributed by atoms with Crippen LogP contribution in [0.2, 0.25) is 0 Å². The van der Waals surface area contributed by atoms with Crippen molar-refractivity contribution < 1.29 is 18.7 Å². The predicted octanol–water partition coefficient (Wildman–Crippen LogP) is 1.74. The van der Waals surface area contributed by atoms with Gasteiger partial charge in [-0.2, -0.15) is 0 Å². The van der Waals surface area contributed by atoms with Gasteiger partial charge >= 0.3 is 0 Å². The molecule has 1 aromatic carbocycles. The number of amides is 2. The van der Waals surface area contributed by atoms with Gasteiger partial charge in [0.2, 0.25) is 11.8 Å². The Morgan fingerprint density at radius 2 is 1.86 bits per heavy atom. The molecule has 0 aliphatic carbocycles. The number of hydrogen-bond donors (Lipinski definition) is 0. The Bertz CT molecular complexity index is 674. The first kappa shape index (κ1) is 20.7. The third-order valence-corrected chi connectivity index (χ3v) is 5.57. The lowest BCUT2D eigenvalue weighted by atomic mass is 10.0. The van der Waals surface area contributed by atoms with Crippen LogP contribution >= 0.6 is 0 Å². The van der Waals surface area contributed by atoms with E-state index in [0.717, 1.165) is 5.56 Å². The van der Waals surface area contributed by atoms with E-state index in [1.54, 1.807) is 12.1 Å². The van der Waals surface area contributed by atoms with Gasteiger partial charge in [-0.1, -0.05) is 26.0 Å². The average molecular weight is 391 g/mol. The Morgan fingerprint density at radius 1 is 1.18 bits per heavy atom. The molecule has 6 nitrogen and oxygen atoms in total. The second-order valence-electron chi connectivity index (χ2n) is 7.94. The number of ether oxygens (including phenoxy) is 1. The summed E-state index contributed by atoms with van der Waals surface area (Å²) in [5.74, 6) is 0.164. The fourth-order valence-corrected chi connectivity index (χ4v) is 3.85. The number of carbonyl (C=O) groups is 2. The molecule has 0 spiro atoms. The summed E-state index contributed by atoms with van der Waals surface area (Å²) in [4.78, 5) is 31.3. The number of hydrogen-bond acceptors (Lipinski definition) is 4. The van der Waals surface area contributed by atoms with Gasteiger partial charge < -0.3 is 14.5 Å². The molecular formula is C21H30FN3O3. The molecule has 2 heterocycles. The molecule has 0 aromatic heterocycles. The van der Waals surface area contributed by atoms with Crippen molar-refractivity contribution in [2.24, 2.45) is 5.92 Å². The number of morpholine rings is 1. The topological polar surface area (TPSA) is 53.1 Å². The maximum atomic E-state index is 13.2. The molecule has 1 atom stereocenters. The van der Waals surface area contributed by atoms with Crippen molar-refractivity contribution in [3.8, 4) is 0 Å². The summed E-state index contributed by atoms with van der Waals surface area (Å²) in [6, 6.07) is 6.32. The smallest absolute Gasteiger partial charge is 0.236 e. The van der Waals surface area contributed by atoms with Crippen molar-refractivity contribution in [3.05, 3.63) is 35.6 Å². The standard InChI is InChI=1S/C21H30FN3O3/c1-16(2)19-14-23(15-21(27)24-9-11-28-12-10-24)8-7-20(26)25(19)13-17-3-5-18(22)6-4-17/h3-6,16,19H,7-15H2,1-2H3/t19-/m0/s1. The molecule has 2 aliphatic rings. The molecule has 28 heavy (non-hydrogen) atoms. The van der Waals surface area contributed by atoms with E-state index in [9.17, 15) is 14.0 Å². The lowest BCUT2D eigenvalue weighted by Gasteiger charge is -2.35. The van der Waals surface area contributed by atoms with Crippen LogP contribution in [0.1, 0.15) is 25.8 Å². The first-order chi connectivity index (χ1) is 13.4. The second kappa shape index (κ2) is 9.47. The van der Waals surface area contributed by atoms with Gasteiger partial charge in [-0.15, -0.1) is 0 Å². The summed E-state index contributed by atoms with van der Waals surface area (Å²) >= 11 is 0. The van der Waals surface area contributed by atoms with Gasteiger partial charge in [0.25, 0.3) is 0 Å². The van der Waals surface area contributed by atoms with Gasteiger partial charge in [0.15, 0.2) is 0 Å². The lowest BCUT2D eigenvalue weighted by Crippen LogP contribution is -2.49. The number of halogens is 1. The van der Waals surface area contributed by atoms with Gasteiger partial charge in [-0.25, -0.2) is 4.39 Å². The first-order valence-corrected chi connectivity index (χ1v) is 10.1. The molecule has 2 amide bonds. The third-order valence-electron chi connectivity index (χ3n) is 5.57. The molecule has 0 bridgehead atoms. The molecule has 2 aliphatic heterocycles. The van der Waals surface area contributed by atoms with E-state index < -0.39 is 0 Å². The molecule has 0 N–H and O–H groups in total. The van der Waals surface area contributed by atoms with Crippen LogP contribution in [0, 0.1) is 11.7 Å². The van der Waals surface area contributed by atoms with Crippen LogP contribution in [0.15, 0.2) is 24.3 Å². The van der Waals surface area contributed by atoms with Crippen molar-refractivity contribution in [1.29, 1.82) is 0 Å². The Morgan fingerprint density at radius 3 is 2.50 bits per heavy atom. The van der Waals surface area contributed by atoms with Gasteiger partial charge in [-0.05, 0) is 23.6 Å². The van der Waals surface area contributed by atoms with Gasteiger partial charge in [0.05, 0.1) is 19.8 Å². The number of nitrogens with zero attached hydrogens (tertiary/aromatic N) is 3. The normalized spacial score (nSPS) is 21.9. The van der Waals surface area contributed by atoms with Crippen molar-refractivity contribution in [3.63, 3.8) is 0 Å². The number of carbonyl (C=O) groups excluding carboxylic acids is 2. The fourth-order valence-electron chi connectivity index (χ4n) is 3.85. The Balaban J connectivity index is 1.68. The van der Waals surface area contributed by atoms with Crippen LogP contribution < -0.4 is 0 Å². The Hall–Kier alpha value is -1.99. The molecule has 1 aromatic rings. The van der Waals surface area contributed by atoms with E-state index in [1.807, 2.05) is 9.80 Å². The Kier molecular flexibility index (Phi) is 7.02. The van der Waals surface area contributed by atoms with Crippen LogP contribution in [-0.2, 0) is 20.9 Å². The van der Waals surface area contributed by atoms with Crippen LogP contribution in [0.4, 0.5) is 4.39 Å². The number of rotatable bonds is 5. The molecular weight excluding hydrogens is 361 g/mol. The molecule has 0 radical (unpaired) electrons. The van der Waals surface area contributed by atoms with Crippen molar-refractivity contribution in [1.82, 2.24) is 14.7 Å². The molecule has 7 heteroatoms. The highest BCUT2D eigenvalue weighted by Crippen LogP contribution is 2.21. The summed E-state index contributed by atoms with van der Waals surface area (Å²) in [6.45, 7) is 8.69. The molecule has 2 saturated heterocycles. The summed E-state index contributed by atoms with van der Waals surface area (Å²) in [5.41, 5.74) is 0.915. The minimum Gasteiger partial charge on any atom is -0.378 e. The highest BCUT2D eigenvalue weighted by Gasteiger charge is 2.33. The predicted molar refractivity (Wildman–Crippen MR) is 104 cm³/mol. The van der Waals surface area contributed by atoms with Crippen molar-refractivity contribution in [2.45, 2.75) is 32.9 Å². The molecule has 154 valence electrons. The largest absolute Gasteiger partial charge is 0.378 e. The maximum absolute atomic E-state index is 13.2. The average Bonchev–Trinajstić information content (AvgIpc) is 2.84. The van der Waals surface area contributed by atoms with E-state index in [-0.39, 0.29) is 29.6 Å². The third kappa shape index (κ3) is 5.29. The quantitative estimate of drug-likeness (QED) is 0.767. The van der Waals surface area contributed by atoms with Crippen molar-refractivity contribution >= 4 is 11.8 Å². The lowest BCUT2D eigenvalue weighted by molar-refractivity contribution is -0.136. The summed E-state index contributed by atoms with van der Waals surface area (Å²) in [6.07, 6.45) is 0.390. The van der Waals surface area contributed by atoms with E-state index in [0.29, 0.717) is 58.9 Å². The maximum Gasteiger partial charge on any atom is 0.236 e. The SMILES string of the molecule is CC(C)[C@@H]1CN(CC(=O)N2CCOCC2)CCC(=O)N1Cc1ccc(F)cc1. The van der Waals surface area contributed by atoms with Gasteiger partial charge in [0.1, 0.15) is 5.82 Å². The van der Waals surface area contributed by atoms with Crippen molar-refractivity contribution in [2.75, 3.05) is 45.9 Å². The van der Waals surface area contributed by atoms with Crippen LogP contribution in [-0.4, -0.2) is 78.5 Å².